The Morgan fingerprint density at radius 1 is 1.04 bits per heavy atom. The van der Waals surface area contributed by atoms with Crippen molar-refractivity contribution in [3.63, 3.8) is 0 Å². The Bertz CT molecular complexity index is 2030. The summed E-state index contributed by atoms with van der Waals surface area (Å²) in [7, 11) is 6.38. The lowest BCUT2D eigenvalue weighted by atomic mass is 9.58. The maximum atomic E-state index is 14.3. The largest absolute Gasteiger partial charge is 0.510 e. The molecule has 0 radical (unpaired) electrons. The van der Waals surface area contributed by atoms with Crippen molar-refractivity contribution >= 4 is 46.8 Å². The number of likely N-dealkylation sites (N-methyl/N-ethyl adjacent to an activating group) is 1. The lowest BCUT2D eigenvalue weighted by Gasteiger charge is -2.50. The number of anilines is 2. The van der Waals surface area contributed by atoms with Crippen LogP contribution in [0.1, 0.15) is 46.0 Å². The highest BCUT2D eigenvalue weighted by Gasteiger charge is 2.63. The molecule has 2 aromatic rings. The van der Waals surface area contributed by atoms with Crippen molar-refractivity contribution in [1.29, 1.82) is 0 Å². The van der Waals surface area contributed by atoms with Crippen LogP contribution in [0.3, 0.4) is 0 Å². The number of nitrogens with two attached hydrogens (primary N) is 1. The van der Waals surface area contributed by atoms with Crippen molar-refractivity contribution in [3.05, 3.63) is 75.5 Å². The predicted molar refractivity (Wildman–Crippen MR) is 192 cm³/mol. The summed E-state index contributed by atoms with van der Waals surface area (Å²) in [4.78, 5) is 82.6. The third-order valence-electron chi connectivity index (χ3n) is 9.99. The van der Waals surface area contributed by atoms with Gasteiger partial charge in [-0.2, -0.15) is 0 Å². The number of phenols is 1. The van der Waals surface area contributed by atoms with Crippen LogP contribution >= 0.6 is 0 Å². The van der Waals surface area contributed by atoms with E-state index in [4.69, 9.17) is 15.2 Å². The zero-order valence-corrected chi connectivity index (χ0v) is 30.7. The number of rotatable bonds is 11. The maximum absolute atomic E-state index is 14.3. The Kier molecular flexibility index (Phi) is 11.2. The summed E-state index contributed by atoms with van der Waals surface area (Å²) in [6.45, 7) is 0.361. The molecule has 0 spiro atoms. The van der Waals surface area contributed by atoms with Gasteiger partial charge < -0.3 is 45.9 Å². The van der Waals surface area contributed by atoms with Crippen LogP contribution in [-0.4, -0.2) is 125 Å². The second kappa shape index (κ2) is 15.4. The van der Waals surface area contributed by atoms with E-state index in [1.807, 2.05) is 0 Å². The number of nitrogens with zero attached hydrogens (tertiary/aromatic N) is 3. The molecule has 5 rings (SSSR count). The maximum Gasteiger partial charge on any atom is 0.413 e. The zero-order valence-electron chi connectivity index (χ0n) is 30.7. The number of benzene rings is 2. The summed E-state index contributed by atoms with van der Waals surface area (Å²) >= 11 is 0. The number of phenolic OH excluding ortho intramolecular Hbond substituents is 1. The van der Waals surface area contributed by atoms with Crippen LogP contribution in [0.15, 0.2) is 53.0 Å². The van der Waals surface area contributed by atoms with E-state index in [9.17, 15) is 53.6 Å². The van der Waals surface area contributed by atoms with E-state index < -0.39 is 101 Å². The Morgan fingerprint density at radius 3 is 2.27 bits per heavy atom. The topological polar surface area (TPSA) is 250 Å². The molecule has 3 aliphatic carbocycles. The van der Waals surface area contributed by atoms with E-state index in [1.165, 1.54) is 37.2 Å². The van der Waals surface area contributed by atoms with Gasteiger partial charge in [0.15, 0.2) is 17.1 Å². The van der Waals surface area contributed by atoms with Crippen molar-refractivity contribution in [2.75, 3.05) is 58.3 Å². The minimum atomic E-state index is -2.83. The monoisotopic (exact) mass is 767 g/mol. The molecule has 17 nitrogen and oxygen atoms in total. The SMILES string of the molecule is CCCN(CC(=O)Nc1cc(N(C)C)c2c(c1O)C(=O)C1=C(O)[C@]3(O)C(=O)C(C(N)=O)=C(O)[C@@H](N(C)C)[C@@H]3C[C@@H]1C2)C(=O)OCOC(=O)c1ccc(F)cc1. The molecule has 294 valence electrons. The molecule has 4 atom stereocenters. The molecule has 0 saturated carbocycles. The molecule has 55 heavy (non-hydrogen) atoms. The van der Waals surface area contributed by atoms with Crippen LogP contribution < -0.4 is 16.0 Å². The number of amides is 3. The van der Waals surface area contributed by atoms with E-state index in [-0.39, 0.29) is 41.8 Å². The highest BCUT2D eigenvalue weighted by atomic mass is 19.1. The molecular weight excluding hydrogens is 725 g/mol. The minimum Gasteiger partial charge on any atom is -0.510 e. The highest BCUT2D eigenvalue weighted by molar-refractivity contribution is 6.25. The van der Waals surface area contributed by atoms with Gasteiger partial charge in [0, 0.05) is 37.8 Å². The van der Waals surface area contributed by atoms with Crippen molar-refractivity contribution < 1.29 is 63.1 Å². The molecule has 3 amide bonds. The summed E-state index contributed by atoms with van der Waals surface area (Å²) in [5.41, 5.74) is 1.46. The lowest BCUT2D eigenvalue weighted by molar-refractivity contribution is -0.148. The third-order valence-corrected chi connectivity index (χ3v) is 9.99. The van der Waals surface area contributed by atoms with Crippen LogP contribution in [-0.2, 0) is 30.3 Å². The number of hydrogen-bond acceptors (Lipinski definition) is 14. The Morgan fingerprint density at radius 2 is 1.69 bits per heavy atom. The number of esters is 1. The molecule has 0 heterocycles. The molecule has 2 aromatic carbocycles. The van der Waals surface area contributed by atoms with E-state index in [0.717, 1.165) is 17.0 Å². The summed E-state index contributed by atoms with van der Waals surface area (Å²) in [5, 5.41) is 48.5. The van der Waals surface area contributed by atoms with Gasteiger partial charge in [0.2, 0.25) is 18.5 Å². The van der Waals surface area contributed by atoms with Gasteiger partial charge in [-0.1, -0.05) is 6.92 Å². The molecule has 0 aliphatic heterocycles. The third kappa shape index (κ3) is 7.17. The molecule has 0 fully saturated rings. The van der Waals surface area contributed by atoms with E-state index >= 15 is 0 Å². The fraction of sp³-hybridized carbons (Fsp3) is 0.405. The Labute approximate surface area is 314 Å². The van der Waals surface area contributed by atoms with E-state index in [0.29, 0.717) is 17.7 Å². The van der Waals surface area contributed by atoms with Crippen molar-refractivity contribution in [2.45, 2.75) is 37.8 Å². The number of carbonyl (C=O) groups is 6. The van der Waals surface area contributed by atoms with Crippen molar-refractivity contribution in [3.8, 4) is 5.75 Å². The fourth-order valence-corrected chi connectivity index (χ4v) is 7.56. The second-order valence-corrected chi connectivity index (χ2v) is 13.9. The first-order chi connectivity index (χ1) is 25.8. The molecule has 0 bridgehead atoms. The number of fused-ring (bicyclic) bond motifs is 3. The summed E-state index contributed by atoms with van der Waals surface area (Å²) in [6, 6.07) is 4.76. The van der Waals surface area contributed by atoms with Gasteiger partial charge in [-0.05, 0) is 75.2 Å². The highest BCUT2D eigenvalue weighted by Crippen LogP contribution is 2.54. The number of allylic oxidation sites excluding steroid dienone is 1. The number of primary amides is 1. The molecular formula is C37H42FN5O12. The first kappa shape index (κ1) is 40.2. The van der Waals surface area contributed by atoms with Crippen LogP contribution in [0.25, 0.3) is 0 Å². The molecule has 3 aliphatic rings. The summed E-state index contributed by atoms with van der Waals surface area (Å²) in [6.07, 6.45) is -0.707. The number of aliphatic hydroxyl groups excluding tert-OH is 2. The normalized spacial score (nSPS) is 21.7. The molecule has 0 unspecified atom stereocenters. The van der Waals surface area contributed by atoms with Gasteiger partial charge in [0.25, 0.3) is 5.91 Å². The number of carbonyl (C=O) groups excluding carboxylic acids is 6. The van der Waals surface area contributed by atoms with Crippen LogP contribution in [0.5, 0.6) is 5.75 Å². The molecule has 18 heteroatoms. The van der Waals surface area contributed by atoms with Crippen molar-refractivity contribution in [1.82, 2.24) is 9.80 Å². The number of ether oxygens (including phenoxy) is 2. The minimum absolute atomic E-state index is 0.0170. The number of aliphatic hydroxyl groups is 3. The standard InChI is InChI=1S/C37H42FN5O12/c1-6-11-43(36(52)55-16-54-35(51)17-7-9-19(38)10-8-17)15-24(44)40-22-14-23(41(2)3)20-12-18-13-21-28(42(4)5)31(47)27(34(39)50)33(49)37(21,53)32(48)25(18)30(46)26(20)29(22)45/h7-10,14,18,21,28,45,47-48,53H,6,11-13,15-16H2,1-5H3,(H2,39,50)(H,40,44)/t18-,21-,28-,37-/m0/s1. The first-order valence-corrected chi connectivity index (χ1v) is 17.2. The number of hydrogen-bond donors (Lipinski definition) is 6. The van der Waals surface area contributed by atoms with Crippen LogP contribution in [0.2, 0.25) is 0 Å². The van der Waals surface area contributed by atoms with Gasteiger partial charge in [0.05, 0.1) is 22.9 Å². The number of nitrogens with one attached hydrogen (secondary N) is 1. The first-order valence-electron chi connectivity index (χ1n) is 17.2. The van der Waals surface area contributed by atoms with E-state index in [1.54, 1.807) is 25.9 Å². The van der Waals surface area contributed by atoms with Gasteiger partial charge in [0.1, 0.15) is 29.5 Å². The Balaban J connectivity index is 1.42. The average Bonchev–Trinajstić information content (AvgIpc) is 3.10. The van der Waals surface area contributed by atoms with Crippen molar-refractivity contribution in [2.24, 2.45) is 17.6 Å². The number of aromatic hydroxyl groups is 1. The fourth-order valence-electron chi connectivity index (χ4n) is 7.56. The second-order valence-electron chi connectivity index (χ2n) is 13.9. The molecule has 0 saturated heterocycles. The Hall–Kier alpha value is -6.01. The van der Waals surface area contributed by atoms with Crippen LogP contribution in [0, 0.1) is 17.7 Å². The summed E-state index contributed by atoms with van der Waals surface area (Å²) in [5.74, 6) is -10.4. The van der Waals surface area contributed by atoms with Crippen LogP contribution in [0.4, 0.5) is 20.6 Å². The van der Waals surface area contributed by atoms with E-state index in [2.05, 4.69) is 5.32 Å². The smallest absolute Gasteiger partial charge is 0.413 e. The molecule has 0 aromatic heterocycles. The predicted octanol–water partition coefficient (Wildman–Crippen LogP) is 1.93. The van der Waals surface area contributed by atoms with Gasteiger partial charge in [-0.25, -0.2) is 14.0 Å². The average molecular weight is 768 g/mol. The molecule has 7 N–H and O–H groups in total. The summed E-state index contributed by atoms with van der Waals surface area (Å²) < 4.78 is 23.1. The lowest BCUT2D eigenvalue weighted by Crippen LogP contribution is -2.63. The zero-order chi connectivity index (χ0) is 40.7. The number of ketones is 2. The van der Waals surface area contributed by atoms with Gasteiger partial charge in [-0.3, -0.25) is 29.0 Å². The van der Waals surface area contributed by atoms with Gasteiger partial charge in [-0.15, -0.1) is 0 Å². The van der Waals surface area contributed by atoms with Gasteiger partial charge >= 0.3 is 12.1 Å². The quantitative estimate of drug-likeness (QED) is 0.0828. The number of halogens is 1. The number of Topliss-reactive ketones (excluding diaryl/α,β-unsaturated/α-hetero) is 2.